The molecule has 1 heterocycles. The van der Waals surface area contributed by atoms with Gasteiger partial charge in [0.2, 0.25) is 0 Å². The van der Waals surface area contributed by atoms with Gasteiger partial charge in [0.15, 0.2) is 0 Å². The van der Waals surface area contributed by atoms with Gasteiger partial charge < -0.3 is 0 Å². The summed E-state index contributed by atoms with van der Waals surface area (Å²) in [6, 6.07) is 11.1. The van der Waals surface area contributed by atoms with Crippen molar-refractivity contribution in [3.63, 3.8) is 0 Å². The van der Waals surface area contributed by atoms with Crippen LogP contribution in [0.2, 0.25) is 26.6 Å². The summed E-state index contributed by atoms with van der Waals surface area (Å²) in [6.45, 7) is 16.7. The van der Waals surface area contributed by atoms with Crippen LogP contribution in [0.4, 0.5) is 0 Å². The molecule has 5 heteroatoms. The van der Waals surface area contributed by atoms with E-state index in [1.54, 1.807) is 0 Å². The molecule has 0 saturated carbocycles. The van der Waals surface area contributed by atoms with Gasteiger partial charge >= 0.3 is 278 Å². The average Bonchev–Trinajstić information content (AvgIpc) is 3.73. The number of esters is 1. The van der Waals surface area contributed by atoms with Crippen LogP contribution >= 0.6 is 0 Å². The summed E-state index contributed by atoms with van der Waals surface area (Å²) >= 11 is -6.39. The number of ether oxygens (including phenoxy) is 2. The molecule has 43 heavy (non-hydrogen) atoms. The summed E-state index contributed by atoms with van der Waals surface area (Å²) in [4.78, 5) is 14.9. The summed E-state index contributed by atoms with van der Waals surface area (Å²) < 4.78 is 21.4. The maximum atomic E-state index is 14.9. The van der Waals surface area contributed by atoms with Gasteiger partial charge in [0.25, 0.3) is 0 Å². The summed E-state index contributed by atoms with van der Waals surface area (Å²) in [5.74, 6) is 0.111. The second-order valence-corrected chi connectivity index (χ2v) is 41.3. The Hall–Kier alpha value is 0.247. The van der Waals surface area contributed by atoms with Crippen molar-refractivity contribution in [2.75, 3.05) is 6.61 Å². The number of hydrogen-bond donors (Lipinski definition) is 0. The minimum atomic E-state index is -3.28. The molecule has 1 aromatic rings. The third kappa shape index (κ3) is 9.42. The predicted octanol–water partition coefficient (Wildman–Crippen LogP) is 11.9. The third-order valence-electron chi connectivity index (χ3n) is 10.9. The maximum absolute atomic E-state index is 14.9. The van der Waals surface area contributed by atoms with Crippen LogP contribution in [0.3, 0.4) is 0 Å². The van der Waals surface area contributed by atoms with Crippen molar-refractivity contribution in [2.24, 2.45) is 0 Å². The molecule has 1 aliphatic heterocycles. The molecule has 0 radical (unpaired) electrons. The van der Waals surface area contributed by atoms with Gasteiger partial charge in [-0.2, -0.15) is 0 Å². The van der Waals surface area contributed by atoms with Crippen molar-refractivity contribution in [3.05, 3.63) is 35.9 Å². The summed E-state index contributed by atoms with van der Waals surface area (Å²) in [5.41, 5.74) is 1.43. The van der Waals surface area contributed by atoms with Crippen molar-refractivity contribution in [3.8, 4) is 0 Å². The fourth-order valence-corrected chi connectivity index (χ4v) is 58.8. The molecule has 0 unspecified atom stereocenters. The molecule has 0 bridgehead atoms. The van der Waals surface area contributed by atoms with Gasteiger partial charge in [0.1, 0.15) is 0 Å². The van der Waals surface area contributed by atoms with E-state index in [-0.39, 0.29) is 9.59 Å². The molecule has 2 atom stereocenters. The number of unbranched alkanes of at least 4 members (excludes halogenated alkanes) is 6. The first-order valence-corrected chi connectivity index (χ1v) is 33.8. The van der Waals surface area contributed by atoms with Crippen LogP contribution < -0.4 is 0 Å². The Kier molecular flexibility index (Phi) is 18.8. The fourth-order valence-electron chi connectivity index (χ4n) is 8.56. The molecular weight excluding hydrogens is 742 g/mol. The number of aryl methyl sites for hydroxylation is 1. The van der Waals surface area contributed by atoms with Crippen LogP contribution in [0.15, 0.2) is 30.3 Å². The SMILES string of the molecule is CCC[CH2][Sn]([CH2]CCC)([CH2]CCC)[C@]1(C(=O)OCC)O[C@@]1(CCCc1ccccc1)[Sn]([CH2]CCC)([CH2]CCC)[CH2]CCC. The predicted molar refractivity (Wildman–Crippen MR) is 192 cm³/mol. The van der Waals surface area contributed by atoms with Gasteiger partial charge in [-0.15, -0.1) is 0 Å². The van der Waals surface area contributed by atoms with Gasteiger partial charge in [-0.1, -0.05) is 0 Å². The van der Waals surface area contributed by atoms with E-state index in [1.165, 1.54) is 109 Å². The first kappa shape index (κ1) is 39.4. The molecule has 248 valence electrons. The van der Waals surface area contributed by atoms with Gasteiger partial charge in [-0.25, -0.2) is 0 Å². The molecule has 2 rings (SSSR count). The first-order chi connectivity index (χ1) is 20.9. The van der Waals surface area contributed by atoms with E-state index in [9.17, 15) is 4.79 Å². The van der Waals surface area contributed by atoms with E-state index >= 15 is 0 Å². The number of rotatable bonds is 26. The molecule has 0 N–H and O–H groups in total. The molecule has 0 spiro atoms. The number of hydrogen-bond acceptors (Lipinski definition) is 3. The van der Waals surface area contributed by atoms with Gasteiger partial charge in [0.05, 0.1) is 0 Å². The Bertz CT molecular complexity index is 847. The van der Waals surface area contributed by atoms with Crippen molar-refractivity contribution < 1.29 is 14.3 Å². The van der Waals surface area contributed by atoms with E-state index in [0.717, 1.165) is 19.3 Å². The van der Waals surface area contributed by atoms with Gasteiger partial charge in [-0.3, -0.25) is 0 Å². The second kappa shape index (κ2) is 20.5. The van der Waals surface area contributed by atoms with Gasteiger partial charge in [-0.05, 0) is 0 Å². The number of carbonyl (C=O) groups is 1. The Morgan fingerprint density at radius 2 is 1.05 bits per heavy atom. The zero-order valence-corrected chi connectivity index (χ0v) is 35.4. The van der Waals surface area contributed by atoms with Crippen LogP contribution in [-0.4, -0.2) is 56.6 Å². The summed E-state index contributed by atoms with van der Waals surface area (Å²) in [5, 5.41) is 0. The van der Waals surface area contributed by atoms with E-state index in [1.807, 2.05) is 6.92 Å². The molecule has 0 aliphatic carbocycles. The van der Waals surface area contributed by atoms with E-state index in [4.69, 9.17) is 9.47 Å². The molecule has 0 aromatic heterocycles. The second-order valence-electron chi connectivity index (χ2n) is 13.9. The van der Waals surface area contributed by atoms with Gasteiger partial charge in [0, 0.05) is 0 Å². The van der Waals surface area contributed by atoms with E-state index < -0.39 is 40.4 Å². The third-order valence-corrected chi connectivity index (χ3v) is 48.6. The number of carbonyl (C=O) groups excluding carboxylic acids is 1. The van der Waals surface area contributed by atoms with Crippen LogP contribution in [-0.2, 0) is 20.7 Å². The minimum absolute atomic E-state index is 0.111. The van der Waals surface area contributed by atoms with Crippen LogP contribution in [0.5, 0.6) is 0 Å². The normalized spacial score (nSPS) is 20.3. The molecule has 1 aliphatic rings. The molecule has 3 nitrogen and oxygen atoms in total. The molecular formula is C38H70O3Sn2. The number of benzene rings is 1. The Morgan fingerprint density at radius 1 is 0.628 bits per heavy atom. The Labute approximate surface area is 276 Å². The summed E-state index contributed by atoms with van der Waals surface area (Å²) in [6.07, 6.45) is 18.4. The molecule has 1 saturated heterocycles. The van der Waals surface area contributed by atoms with Crippen molar-refractivity contribution in [1.29, 1.82) is 0 Å². The Balaban J connectivity index is 2.85. The molecule has 1 aromatic carbocycles. The molecule has 0 amide bonds. The van der Waals surface area contributed by atoms with Crippen LogP contribution in [0.1, 0.15) is 144 Å². The van der Waals surface area contributed by atoms with Crippen LogP contribution in [0, 0.1) is 0 Å². The van der Waals surface area contributed by atoms with E-state index in [0.29, 0.717) is 6.61 Å². The monoisotopic (exact) mass is 814 g/mol. The van der Waals surface area contributed by atoms with Crippen molar-refractivity contribution in [2.45, 2.75) is 179 Å². The fraction of sp³-hybridized carbons (Fsp3) is 0.816. The zero-order valence-electron chi connectivity index (χ0n) is 29.7. The molecule has 1 fully saturated rings. The number of epoxide rings is 1. The van der Waals surface area contributed by atoms with Crippen LogP contribution in [0.25, 0.3) is 0 Å². The topological polar surface area (TPSA) is 38.8 Å². The average molecular weight is 812 g/mol. The Morgan fingerprint density at radius 3 is 1.44 bits per heavy atom. The first-order valence-electron chi connectivity index (χ1n) is 18.8. The van der Waals surface area contributed by atoms with Crippen molar-refractivity contribution >= 4 is 42.7 Å². The van der Waals surface area contributed by atoms with E-state index in [2.05, 4.69) is 71.9 Å². The van der Waals surface area contributed by atoms with Crippen molar-refractivity contribution in [1.82, 2.24) is 0 Å². The standard InChI is InChI=1S/C14H16O3.6C4H9.2Sn/c1-2-16-14(15)13-12(17-13)10-6-9-11-7-4-3-5-8-11;6*1-3-4-2;;/h3-5,7-8H,2,6,9-10H2,1H3;6*1,3-4H2,2H3;;. The summed E-state index contributed by atoms with van der Waals surface area (Å²) in [7, 11) is 0. The quantitative estimate of drug-likeness (QED) is 0.0531. The zero-order chi connectivity index (χ0) is 31.7.